The predicted octanol–water partition coefficient (Wildman–Crippen LogP) is -0.292. The number of rotatable bonds is 2. The van der Waals surface area contributed by atoms with E-state index in [0.717, 1.165) is 12.2 Å². The second-order valence-corrected chi connectivity index (χ2v) is 3.86. The molecule has 0 aliphatic carbocycles. The highest BCUT2D eigenvalue weighted by Crippen LogP contribution is 2.04. The zero-order valence-corrected chi connectivity index (χ0v) is 9.76. The first kappa shape index (κ1) is 13.2. The molecule has 0 spiro atoms. The summed E-state index contributed by atoms with van der Waals surface area (Å²) in [6.45, 7) is 3.64. The van der Waals surface area contributed by atoms with E-state index in [4.69, 9.17) is 5.11 Å². The van der Waals surface area contributed by atoms with E-state index >= 15 is 0 Å². The van der Waals surface area contributed by atoms with Crippen LogP contribution in [0.15, 0.2) is 12.2 Å². The lowest BCUT2D eigenvalue weighted by Gasteiger charge is -2.19. The van der Waals surface area contributed by atoms with Crippen molar-refractivity contribution in [3.05, 3.63) is 12.2 Å². The molecule has 0 bridgehead atoms. The van der Waals surface area contributed by atoms with Gasteiger partial charge < -0.3 is 14.9 Å². The highest BCUT2D eigenvalue weighted by molar-refractivity contribution is 5.93. The maximum absolute atomic E-state index is 11.6. The van der Waals surface area contributed by atoms with Gasteiger partial charge in [0.15, 0.2) is 0 Å². The lowest BCUT2D eigenvalue weighted by molar-refractivity contribution is -0.132. The highest BCUT2D eigenvalue weighted by Gasteiger charge is 2.18. The molecule has 0 saturated carbocycles. The Morgan fingerprint density at radius 3 is 2.18 bits per heavy atom. The first-order valence-corrected chi connectivity index (χ1v) is 5.46. The molecule has 2 amide bonds. The minimum absolute atomic E-state index is 0.000349. The standard InChI is InChI=1S/C11H16N2O4/c1-9(14)12-5-2-6-13(8-7-12)10(15)3-4-11(16)17/h3-4H,2,5-8H2,1H3,(H,16,17). The number of hydrogen-bond acceptors (Lipinski definition) is 3. The van der Waals surface area contributed by atoms with Gasteiger partial charge >= 0.3 is 5.97 Å². The Kier molecular flexibility index (Phi) is 4.68. The normalized spacial score (nSPS) is 17.0. The van der Waals surface area contributed by atoms with E-state index in [1.807, 2.05) is 0 Å². The van der Waals surface area contributed by atoms with Gasteiger partial charge in [0.2, 0.25) is 11.8 Å². The third-order valence-corrected chi connectivity index (χ3v) is 2.62. The molecule has 1 fully saturated rings. The van der Waals surface area contributed by atoms with Crippen LogP contribution in [0.3, 0.4) is 0 Å². The van der Waals surface area contributed by atoms with Crippen LogP contribution in [0, 0.1) is 0 Å². The van der Waals surface area contributed by atoms with Gasteiger partial charge in [-0.15, -0.1) is 0 Å². The third kappa shape index (κ3) is 4.26. The van der Waals surface area contributed by atoms with Crippen molar-refractivity contribution >= 4 is 17.8 Å². The molecule has 1 heterocycles. The molecule has 0 aromatic rings. The summed E-state index contributed by atoms with van der Waals surface area (Å²) in [5.74, 6) is -1.46. The number of carboxylic acid groups (broad SMARTS) is 1. The van der Waals surface area contributed by atoms with Crippen molar-refractivity contribution < 1.29 is 19.5 Å². The average molecular weight is 240 g/mol. The van der Waals surface area contributed by atoms with Gasteiger partial charge in [-0.25, -0.2) is 4.79 Å². The fourth-order valence-corrected chi connectivity index (χ4v) is 1.70. The topological polar surface area (TPSA) is 77.9 Å². The predicted molar refractivity (Wildman–Crippen MR) is 60.2 cm³/mol. The van der Waals surface area contributed by atoms with Crippen LogP contribution in [0.4, 0.5) is 0 Å². The summed E-state index contributed by atoms with van der Waals surface area (Å²) in [5, 5.41) is 8.42. The molecule has 17 heavy (non-hydrogen) atoms. The summed E-state index contributed by atoms with van der Waals surface area (Å²) < 4.78 is 0. The molecule has 0 radical (unpaired) electrons. The van der Waals surface area contributed by atoms with Crippen LogP contribution >= 0.6 is 0 Å². The number of carboxylic acids is 1. The number of carbonyl (C=O) groups excluding carboxylic acids is 2. The Labute approximate surface area is 99.5 Å². The van der Waals surface area contributed by atoms with E-state index in [2.05, 4.69) is 0 Å². The maximum atomic E-state index is 11.6. The fraction of sp³-hybridized carbons (Fsp3) is 0.545. The van der Waals surface area contributed by atoms with Crippen molar-refractivity contribution in [3.8, 4) is 0 Å². The number of nitrogens with zero attached hydrogens (tertiary/aromatic N) is 2. The van der Waals surface area contributed by atoms with E-state index in [9.17, 15) is 14.4 Å². The van der Waals surface area contributed by atoms with Crippen LogP contribution in [-0.4, -0.2) is 58.9 Å². The maximum Gasteiger partial charge on any atom is 0.328 e. The molecule has 0 aromatic heterocycles. The number of hydrogen-bond donors (Lipinski definition) is 1. The highest BCUT2D eigenvalue weighted by atomic mass is 16.4. The lowest BCUT2D eigenvalue weighted by atomic mass is 10.3. The van der Waals surface area contributed by atoms with Crippen LogP contribution < -0.4 is 0 Å². The average Bonchev–Trinajstić information content (AvgIpc) is 2.51. The molecule has 6 heteroatoms. The fourth-order valence-electron chi connectivity index (χ4n) is 1.70. The first-order chi connectivity index (χ1) is 8.00. The van der Waals surface area contributed by atoms with Gasteiger partial charge in [0.1, 0.15) is 0 Å². The molecule has 94 valence electrons. The Morgan fingerprint density at radius 2 is 1.59 bits per heavy atom. The van der Waals surface area contributed by atoms with Gasteiger partial charge in [-0.1, -0.05) is 0 Å². The SMILES string of the molecule is CC(=O)N1CCCN(C(=O)C=CC(=O)O)CC1. The van der Waals surface area contributed by atoms with Crippen LogP contribution in [-0.2, 0) is 14.4 Å². The van der Waals surface area contributed by atoms with Crippen LogP contribution in [0.5, 0.6) is 0 Å². The molecule has 6 nitrogen and oxygen atoms in total. The quantitative estimate of drug-likeness (QED) is 0.673. The summed E-state index contributed by atoms with van der Waals surface area (Å²) in [5.41, 5.74) is 0. The summed E-state index contributed by atoms with van der Waals surface area (Å²) in [7, 11) is 0. The van der Waals surface area contributed by atoms with Crippen molar-refractivity contribution in [1.29, 1.82) is 0 Å². The monoisotopic (exact) mass is 240 g/mol. The summed E-state index contributed by atoms with van der Waals surface area (Å²) in [6, 6.07) is 0. The molecule has 0 aromatic carbocycles. The van der Waals surface area contributed by atoms with Crippen molar-refractivity contribution in [2.24, 2.45) is 0 Å². The summed E-state index contributed by atoms with van der Waals surface area (Å²) in [4.78, 5) is 36.3. The van der Waals surface area contributed by atoms with E-state index < -0.39 is 5.97 Å². The second kappa shape index (κ2) is 6.03. The summed E-state index contributed by atoms with van der Waals surface area (Å²) in [6.07, 6.45) is 2.59. The number of amides is 2. The third-order valence-electron chi connectivity index (χ3n) is 2.62. The van der Waals surface area contributed by atoms with Gasteiger partial charge in [-0.2, -0.15) is 0 Å². The van der Waals surface area contributed by atoms with Crippen LogP contribution in [0.2, 0.25) is 0 Å². The molecule has 1 saturated heterocycles. The molecule has 1 aliphatic rings. The van der Waals surface area contributed by atoms with E-state index in [1.165, 1.54) is 6.92 Å². The van der Waals surface area contributed by atoms with Crippen LogP contribution in [0.25, 0.3) is 0 Å². The van der Waals surface area contributed by atoms with Gasteiger partial charge in [-0.05, 0) is 6.42 Å². The minimum atomic E-state index is -1.14. The van der Waals surface area contributed by atoms with E-state index in [0.29, 0.717) is 32.6 Å². The molecule has 1 aliphatic heterocycles. The Hall–Kier alpha value is -1.85. The second-order valence-electron chi connectivity index (χ2n) is 3.86. The van der Waals surface area contributed by atoms with Gasteiger partial charge in [0, 0.05) is 45.3 Å². The van der Waals surface area contributed by atoms with Gasteiger partial charge in [0.25, 0.3) is 0 Å². The minimum Gasteiger partial charge on any atom is -0.478 e. The van der Waals surface area contributed by atoms with Crippen molar-refractivity contribution in [3.63, 3.8) is 0 Å². The lowest BCUT2D eigenvalue weighted by Crippen LogP contribution is -2.35. The van der Waals surface area contributed by atoms with Crippen LogP contribution in [0.1, 0.15) is 13.3 Å². The molecule has 1 rings (SSSR count). The Morgan fingerprint density at radius 1 is 1.00 bits per heavy atom. The van der Waals surface area contributed by atoms with Gasteiger partial charge in [0.05, 0.1) is 0 Å². The van der Waals surface area contributed by atoms with E-state index in [1.54, 1.807) is 9.80 Å². The van der Waals surface area contributed by atoms with E-state index in [-0.39, 0.29) is 11.8 Å². The Bertz CT molecular complexity index is 351. The summed E-state index contributed by atoms with van der Waals surface area (Å²) >= 11 is 0. The van der Waals surface area contributed by atoms with Gasteiger partial charge in [-0.3, -0.25) is 9.59 Å². The molecule has 0 atom stereocenters. The van der Waals surface area contributed by atoms with Crippen molar-refractivity contribution in [2.45, 2.75) is 13.3 Å². The molecular weight excluding hydrogens is 224 g/mol. The molecule has 1 N–H and O–H groups in total. The largest absolute Gasteiger partial charge is 0.478 e. The zero-order valence-electron chi connectivity index (χ0n) is 9.76. The van der Waals surface area contributed by atoms with Crippen molar-refractivity contribution in [2.75, 3.05) is 26.2 Å². The number of aliphatic carboxylic acids is 1. The van der Waals surface area contributed by atoms with Crippen molar-refractivity contribution in [1.82, 2.24) is 9.80 Å². The molecular formula is C11H16N2O4. The Balaban J connectivity index is 2.54. The smallest absolute Gasteiger partial charge is 0.328 e. The molecule has 0 unspecified atom stereocenters. The zero-order chi connectivity index (χ0) is 12.8. The first-order valence-electron chi connectivity index (χ1n) is 5.46. The number of carbonyl (C=O) groups is 3.